The number of halogens is 4. The van der Waals surface area contributed by atoms with Crippen LogP contribution in [-0.4, -0.2) is 90.1 Å². The number of nitrogens with one attached hydrogen (secondary N) is 2. The summed E-state index contributed by atoms with van der Waals surface area (Å²) >= 11 is 0. The molecule has 0 saturated carbocycles. The van der Waals surface area contributed by atoms with Gasteiger partial charge in [-0.2, -0.15) is 13.2 Å². The van der Waals surface area contributed by atoms with Crippen molar-refractivity contribution in [1.29, 1.82) is 0 Å². The number of alkyl halides is 3. The molecule has 5 rings (SSSR count). The van der Waals surface area contributed by atoms with Crippen molar-refractivity contribution in [2.75, 3.05) is 62.4 Å². The number of hydrogen-bond donors (Lipinski definition) is 2. The lowest BCUT2D eigenvalue weighted by atomic mass is 9.98. The van der Waals surface area contributed by atoms with Gasteiger partial charge >= 0.3 is 6.18 Å². The molecule has 14 heteroatoms. The normalized spacial score (nSPS) is 19.4. The van der Waals surface area contributed by atoms with Gasteiger partial charge in [-0.05, 0) is 65.2 Å². The van der Waals surface area contributed by atoms with Crippen LogP contribution in [0.5, 0.6) is 0 Å². The summed E-state index contributed by atoms with van der Waals surface area (Å²) in [4.78, 5) is 44.7. The highest BCUT2D eigenvalue weighted by Gasteiger charge is 2.33. The van der Waals surface area contributed by atoms with Gasteiger partial charge in [0.2, 0.25) is 11.5 Å². The third-order valence-corrected chi connectivity index (χ3v) is 8.42. The Labute approximate surface area is 264 Å². The fraction of sp³-hybridized carbons (Fsp3) is 0.438. The van der Waals surface area contributed by atoms with Crippen LogP contribution in [0.2, 0.25) is 0 Å². The zero-order valence-corrected chi connectivity index (χ0v) is 26.5. The third-order valence-electron chi connectivity index (χ3n) is 8.42. The molecule has 1 saturated heterocycles. The van der Waals surface area contributed by atoms with Gasteiger partial charge in [-0.1, -0.05) is 6.08 Å². The van der Waals surface area contributed by atoms with Crippen molar-refractivity contribution < 1.29 is 22.4 Å². The van der Waals surface area contributed by atoms with Gasteiger partial charge in [-0.25, -0.2) is 14.4 Å². The maximum atomic E-state index is 16.0. The van der Waals surface area contributed by atoms with Crippen molar-refractivity contribution in [3.63, 3.8) is 0 Å². The number of piperazine rings is 1. The van der Waals surface area contributed by atoms with Crippen LogP contribution in [0, 0.1) is 5.82 Å². The quantitative estimate of drug-likeness (QED) is 0.365. The molecule has 246 valence electrons. The van der Waals surface area contributed by atoms with Crippen molar-refractivity contribution in [3.8, 4) is 0 Å². The number of anilines is 3. The van der Waals surface area contributed by atoms with Crippen molar-refractivity contribution in [1.82, 2.24) is 24.8 Å². The topological polar surface area (TPSA) is 101 Å². The standard InChI is InChI=1S/C32H38F4N8O2/c1-19-15-44(16-20(2)42(19)5)28-12-25(33)24(11-26(28)40-30(46)27-9-23(32(34,35)36)10-29(45)39-27)22-7-6-8-43(18-22)31-37-13-21(14-38-31)17-41(3)4/h7,9-14,19-20H,6,8,15-18H2,1-5H3,(H,39,45)(H,40,46)/t19-,20+. The first kappa shape index (κ1) is 33.1. The molecule has 4 heterocycles. The fourth-order valence-corrected chi connectivity index (χ4v) is 5.86. The van der Waals surface area contributed by atoms with Crippen LogP contribution in [0.4, 0.5) is 34.9 Å². The SMILES string of the molecule is C[C@@H]1CN(c2cc(F)c(C3=CCCN(c4ncc(CN(C)C)cn4)C3)cc2NC(=O)c2cc(C(F)(F)F)cc(=O)[nH]2)C[C@H](C)N1C. The van der Waals surface area contributed by atoms with Crippen molar-refractivity contribution in [2.24, 2.45) is 0 Å². The monoisotopic (exact) mass is 642 g/mol. The molecule has 3 aromatic rings. The Kier molecular flexibility index (Phi) is 9.49. The number of pyridine rings is 1. The average molecular weight is 643 g/mol. The molecule has 0 bridgehead atoms. The van der Waals surface area contributed by atoms with Gasteiger partial charge < -0.3 is 25.0 Å². The molecule has 2 aromatic heterocycles. The zero-order valence-electron chi connectivity index (χ0n) is 26.5. The largest absolute Gasteiger partial charge is 0.416 e. The molecule has 1 fully saturated rings. The van der Waals surface area contributed by atoms with Crippen LogP contribution >= 0.6 is 0 Å². The van der Waals surface area contributed by atoms with E-state index in [4.69, 9.17) is 0 Å². The Balaban J connectivity index is 1.49. The second-order valence-corrected chi connectivity index (χ2v) is 12.3. The van der Waals surface area contributed by atoms with Gasteiger partial charge in [-0.3, -0.25) is 14.5 Å². The van der Waals surface area contributed by atoms with Crippen LogP contribution in [0.15, 0.2) is 47.5 Å². The second-order valence-electron chi connectivity index (χ2n) is 12.3. The van der Waals surface area contributed by atoms with Crippen molar-refractivity contribution in [2.45, 2.75) is 45.1 Å². The van der Waals surface area contributed by atoms with E-state index in [1.165, 1.54) is 12.1 Å². The van der Waals surface area contributed by atoms with E-state index in [1.807, 2.05) is 55.8 Å². The predicted molar refractivity (Wildman–Crippen MR) is 170 cm³/mol. The number of likely N-dealkylation sites (N-methyl/N-ethyl adjacent to an activating group) is 1. The Hall–Kier alpha value is -4.30. The first-order valence-electron chi connectivity index (χ1n) is 15.0. The fourth-order valence-electron chi connectivity index (χ4n) is 5.86. The van der Waals surface area contributed by atoms with Crippen LogP contribution in [0.1, 0.15) is 47.4 Å². The average Bonchev–Trinajstić information content (AvgIpc) is 2.99. The molecular weight excluding hydrogens is 604 g/mol. The number of amides is 1. The number of carbonyl (C=O) groups excluding carboxylic acids is 1. The van der Waals surface area contributed by atoms with E-state index in [1.54, 1.807) is 12.4 Å². The molecule has 1 amide bonds. The number of nitrogens with zero attached hydrogens (tertiary/aromatic N) is 6. The van der Waals surface area contributed by atoms with Crippen molar-refractivity contribution >= 4 is 28.8 Å². The molecule has 0 unspecified atom stereocenters. The highest BCUT2D eigenvalue weighted by molar-refractivity contribution is 6.05. The van der Waals surface area contributed by atoms with Gasteiger partial charge in [0.05, 0.1) is 16.9 Å². The number of aromatic nitrogens is 3. The molecule has 1 aromatic carbocycles. The number of benzene rings is 1. The molecular formula is C32H38F4N8O2. The lowest BCUT2D eigenvalue weighted by Gasteiger charge is -2.44. The van der Waals surface area contributed by atoms with E-state index in [0.717, 1.165) is 5.56 Å². The Morgan fingerprint density at radius 2 is 1.74 bits per heavy atom. The molecule has 10 nitrogen and oxygen atoms in total. The first-order chi connectivity index (χ1) is 21.7. The number of H-pyrrole nitrogens is 1. The number of hydrogen-bond acceptors (Lipinski definition) is 8. The third kappa shape index (κ3) is 7.39. The van der Waals surface area contributed by atoms with E-state index < -0.39 is 34.7 Å². The Morgan fingerprint density at radius 1 is 1.07 bits per heavy atom. The molecule has 0 radical (unpaired) electrons. The minimum absolute atomic E-state index is 0.105. The summed E-state index contributed by atoms with van der Waals surface area (Å²) in [5.41, 5.74) is -0.415. The lowest BCUT2D eigenvalue weighted by molar-refractivity contribution is -0.137. The van der Waals surface area contributed by atoms with E-state index >= 15 is 4.39 Å². The number of aromatic amines is 1. The minimum Gasteiger partial charge on any atom is -0.367 e. The summed E-state index contributed by atoms with van der Waals surface area (Å²) in [6.07, 6.45) is 1.23. The van der Waals surface area contributed by atoms with Crippen LogP contribution < -0.4 is 20.7 Å². The van der Waals surface area contributed by atoms with Crippen LogP contribution in [0.25, 0.3) is 5.57 Å². The summed E-state index contributed by atoms with van der Waals surface area (Å²) in [7, 11) is 5.91. The molecule has 2 atom stereocenters. The smallest absolute Gasteiger partial charge is 0.367 e. The van der Waals surface area contributed by atoms with E-state index in [-0.39, 0.29) is 23.3 Å². The van der Waals surface area contributed by atoms with E-state index in [2.05, 4.69) is 25.2 Å². The Morgan fingerprint density at radius 3 is 2.37 bits per heavy atom. The van der Waals surface area contributed by atoms with Gasteiger partial charge in [0.1, 0.15) is 11.5 Å². The highest BCUT2D eigenvalue weighted by atomic mass is 19.4. The van der Waals surface area contributed by atoms with Gasteiger partial charge in [-0.15, -0.1) is 0 Å². The van der Waals surface area contributed by atoms with Gasteiger partial charge in [0.25, 0.3) is 5.91 Å². The number of carbonyl (C=O) groups is 1. The van der Waals surface area contributed by atoms with E-state index in [9.17, 15) is 22.8 Å². The van der Waals surface area contributed by atoms with Gasteiger partial charge in [0.15, 0.2) is 0 Å². The minimum atomic E-state index is -4.82. The molecule has 0 aliphatic carbocycles. The Bertz CT molecular complexity index is 1660. The molecule has 2 aliphatic heterocycles. The maximum absolute atomic E-state index is 16.0. The molecule has 46 heavy (non-hydrogen) atoms. The lowest BCUT2D eigenvalue weighted by Crippen LogP contribution is -2.55. The van der Waals surface area contributed by atoms with Gasteiger partial charge in [0, 0.05) is 74.4 Å². The van der Waals surface area contributed by atoms with Crippen molar-refractivity contribution in [3.05, 3.63) is 81.3 Å². The summed E-state index contributed by atoms with van der Waals surface area (Å²) in [6, 6.07) is 4.06. The number of rotatable bonds is 7. The summed E-state index contributed by atoms with van der Waals surface area (Å²) in [5, 5.41) is 2.67. The second kappa shape index (κ2) is 13.2. The maximum Gasteiger partial charge on any atom is 0.416 e. The van der Waals surface area contributed by atoms with Crippen LogP contribution in [0.3, 0.4) is 0 Å². The first-order valence-corrected chi connectivity index (χ1v) is 15.0. The predicted octanol–water partition coefficient (Wildman–Crippen LogP) is 4.46. The summed E-state index contributed by atoms with van der Waals surface area (Å²) < 4.78 is 56.3. The molecule has 2 aliphatic rings. The summed E-state index contributed by atoms with van der Waals surface area (Å²) in [6.45, 7) is 6.75. The van der Waals surface area contributed by atoms with Crippen LogP contribution in [-0.2, 0) is 12.7 Å². The molecule has 2 N–H and O–H groups in total. The molecule has 0 spiro atoms. The summed E-state index contributed by atoms with van der Waals surface area (Å²) in [5.74, 6) is -0.953. The highest BCUT2D eigenvalue weighted by Crippen LogP contribution is 2.36. The zero-order chi connectivity index (χ0) is 33.3. The van der Waals surface area contributed by atoms with E-state index in [0.29, 0.717) is 68.5 Å².